The molecule has 0 fully saturated rings. The molecule has 11 nitrogen and oxygen atoms in total. The Kier molecular flexibility index (Phi) is 9.96. The van der Waals surface area contributed by atoms with Gasteiger partial charge >= 0.3 is 17.9 Å². The van der Waals surface area contributed by atoms with Crippen LogP contribution in [0.15, 0.2) is 60.4 Å². The summed E-state index contributed by atoms with van der Waals surface area (Å²) in [5, 5.41) is 38.8. The monoisotopic (exact) mass is 576 g/mol. The summed E-state index contributed by atoms with van der Waals surface area (Å²) in [5.74, 6) is -3.71. The average molecular weight is 577 g/mol. The molecule has 11 heteroatoms. The van der Waals surface area contributed by atoms with Gasteiger partial charge in [-0.15, -0.1) is 0 Å². The van der Waals surface area contributed by atoms with Crippen LogP contribution >= 0.6 is 0 Å². The molecule has 0 radical (unpaired) electrons. The summed E-state index contributed by atoms with van der Waals surface area (Å²) in [6.07, 6.45) is 5.86. The molecular weight excluding hydrogens is 548 g/mol. The van der Waals surface area contributed by atoms with Crippen LogP contribution in [0.3, 0.4) is 0 Å². The van der Waals surface area contributed by atoms with E-state index in [1.165, 1.54) is 69.9 Å². The molecule has 0 atom stereocenters. The number of aromatic hydroxyl groups is 1. The number of methoxy groups -OCH3 is 3. The van der Waals surface area contributed by atoms with Crippen molar-refractivity contribution in [1.82, 2.24) is 0 Å². The number of carboxylic acids is 3. The van der Waals surface area contributed by atoms with Crippen molar-refractivity contribution in [3.63, 3.8) is 0 Å². The second kappa shape index (κ2) is 13.6. The molecule has 218 valence electrons. The Bertz CT molecular complexity index is 1610. The van der Waals surface area contributed by atoms with Crippen LogP contribution in [0.5, 0.6) is 28.7 Å². The van der Waals surface area contributed by atoms with Gasteiger partial charge < -0.3 is 39.4 Å². The van der Waals surface area contributed by atoms with Gasteiger partial charge in [0.25, 0.3) is 0 Å². The molecule has 3 aromatic rings. The minimum atomic E-state index is -1.40. The molecule has 0 saturated carbocycles. The van der Waals surface area contributed by atoms with Crippen molar-refractivity contribution >= 4 is 36.1 Å². The molecule has 0 aliphatic rings. The van der Waals surface area contributed by atoms with Gasteiger partial charge in [-0.05, 0) is 89.4 Å². The van der Waals surface area contributed by atoms with Gasteiger partial charge in [-0.2, -0.15) is 0 Å². The highest BCUT2D eigenvalue weighted by Crippen LogP contribution is 2.43. The number of carboxylic acid groups (broad SMARTS) is 3. The standard InChI is InChI=1S/C31H28O11/c1-17-21(11-19(7-10-29(34)35)14-24(17)39-2)22-12-20(15-26(41-4)30(22)36)16-27(31(37)38)42-23-8-5-18(6-9-28(32)33)13-25(23)40-3/h5-16,36H,1-4H3,(H,32,33)(H,34,35)(H,37,38). The lowest BCUT2D eigenvalue weighted by Crippen LogP contribution is -2.08. The normalized spacial score (nSPS) is 11.5. The lowest BCUT2D eigenvalue weighted by Gasteiger charge is -2.16. The van der Waals surface area contributed by atoms with E-state index in [0.29, 0.717) is 33.6 Å². The van der Waals surface area contributed by atoms with E-state index in [4.69, 9.17) is 29.2 Å². The third-order valence-corrected chi connectivity index (χ3v) is 5.96. The van der Waals surface area contributed by atoms with Gasteiger partial charge in [0.15, 0.2) is 23.0 Å². The highest BCUT2D eigenvalue weighted by Gasteiger charge is 2.19. The quantitative estimate of drug-likeness (QED) is 0.167. The second-order valence-electron chi connectivity index (χ2n) is 8.68. The second-order valence-corrected chi connectivity index (χ2v) is 8.68. The molecule has 0 aliphatic carbocycles. The molecule has 0 spiro atoms. The lowest BCUT2D eigenvalue weighted by molar-refractivity contribution is -0.135. The fourth-order valence-corrected chi connectivity index (χ4v) is 3.98. The van der Waals surface area contributed by atoms with E-state index in [0.717, 1.165) is 12.2 Å². The third-order valence-electron chi connectivity index (χ3n) is 5.96. The molecule has 4 N–H and O–H groups in total. The molecule has 42 heavy (non-hydrogen) atoms. The highest BCUT2D eigenvalue weighted by molar-refractivity contribution is 5.92. The third kappa shape index (κ3) is 7.48. The Morgan fingerprint density at radius 2 is 1.21 bits per heavy atom. The SMILES string of the molecule is COc1cc(C=CC(=O)O)ccc1OC(=Cc1cc(OC)c(O)c(-c2cc(C=CC(=O)O)cc(OC)c2C)c1)C(=O)O. The number of ether oxygens (including phenoxy) is 4. The fourth-order valence-electron chi connectivity index (χ4n) is 3.98. The molecule has 0 unspecified atom stereocenters. The largest absolute Gasteiger partial charge is 0.504 e. The number of hydrogen-bond acceptors (Lipinski definition) is 8. The van der Waals surface area contributed by atoms with E-state index in [1.54, 1.807) is 19.1 Å². The number of phenols is 1. The predicted octanol–water partition coefficient (Wildman–Crippen LogP) is 5.09. The van der Waals surface area contributed by atoms with Crippen LogP contribution in [0.1, 0.15) is 22.3 Å². The van der Waals surface area contributed by atoms with Gasteiger partial charge in [-0.3, -0.25) is 0 Å². The van der Waals surface area contributed by atoms with E-state index in [1.807, 2.05) is 0 Å². The Balaban J connectivity index is 2.14. The molecule has 3 aromatic carbocycles. The first kappa shape index (κ1) is 30.8. The van der Waals surface area contributed by atoms with Gasteiger partial charge in [0.1, 0.15) is 5.75 Å². The maximum absolute atomic E-state index is 12.2. The summed E-state index contributed by atoms with van der Waals surface area (Å²) >= 11 is 0. The van der Waals surface area contributed by atoms with E-state index in [2.05, 4.69) is 0 Å². The first-order chi connectivity index (χ1) is 20.0. The van der Waals surface area contributed by atoms with Gasteiger partial charge in [-0.1, -0.05) is 6.07 Å². The van der Waals surface area contributed by atoms with Crippen molar-refractivity contribution in [2.45, 2.75) is 6.92 Å². The molecule has 0 bridgehead atoms. The fraction of sp³-hybridized carbons (Fsp3) is 0.129. The molecule has 0 heterocycles. The summed E-state index contributed by atoms with van der Waals surface area (Å²) in [6, 6.07) is 10.7. The summed E-state index contributed by atoms with van der Waals surface area (Å²) in [6.45, 7) is 1.75. The summed E-state index contributed by atoms with van der Waals surface area (Å²) in [4.78, 5) is 34.1. The molecule has 3 rings (SSSR count). The van der Waals surface area contributed by atoms with Crippen LogP contribution in [0.2, 0.25) is 0 Å². The van der Waals surface area contributed by atoms with Crippen molar-refractivity contribution < 1.29 is 53.8 Å². The number of aliphatic carboxylic acids is 3. The number of hydrogen-bond donors (Lipinski definition) is 4. The molecular formula is C31H28O11. The number of phenolic OH excluding ortho intramolecular Hbond substituents is 1. The van der Waals surface area contributed by atoms with Crippen molar-refractivity contribution in [2.24, 2.45) is 0 Å². The molecule has 0 aliphatic heterocycles. The van der Waals surface area contributed by atoms with Gasteiger partial charge in [-0.25, -0.2) is 14.4 Å². The lowest BCUT2D eigenvalue weighted by atomic mass is 9.94. The van der Waals surface area contributed by atoms with Crippen LogP contribution < -0.4 is 18.9 Å². The summed E-state index contributed by atoms with van der Waals surface area (Å²) in [5.41, 5.74) is 2.63. The zero-order valence-electron chi connectivity index (χ0n) is 23.1. The molecule has 0 amide bonds. The first-order valence-corrected chi connectivity index (χ1v) is 12.2. The topological polar surface area (TPSA) is 169 Å². The maximum atomic E-state index is 12.2. The number of rotatable bonds is 12. The summed E-state index contributed by atoms with van der Waals surface area (Å²) < 4.78 is 21.8. The Hall–Kier alpha value is -5.71. The average Bonchev–Trinajstić information content (AvgIpc) is 2.96. The Morgan fingerprint density at radius 3 is 1.79 bits per heavy atom. The van der Waals surface area contributed by atoms with Crippen LogP contribution in [-0.2, 0) is 14.4 Å². The van der Waals surface area contributed by atoms with E-state index in [-0.39, 0.29) is 28.6 Å². The highest BCUT2D eigenvalue weighted by atomic mass is 16.5. The first-order valence-electron chi connectivity index (χ1n) is 12.2. The van der Waals surface area contributed by atoms with Crippen LogP contribution in [0, 0.1) is 6.92 Å². The van der Waals surface area contributed by atoms with Crippen molar-refractivity contribution in [3.8, 4) is 39.9 Å². The minimum absolute atomic E-state index is 0.0421. The smallest absolute Gasteiger partial charge is 0.371 e. The van der Waals surface area contributed by atoms with E-state index >= 15 is 0 Å². The predicted molar refractivity (Wildman–Crippen MR) is 154 cm³/mol. The van der Waals surface area contributed by atoms with Crippen LogP contribution in [0.25, 0.3) is 29.4 Å². The van der Waals surface area contributed by atoms with Gasteiger partial charge in [0, 0.05) is 17.7 Å². The Morgan fingerprint density at radius 1 is 0.667 bits per heavy atom. The van der Waals surface area contributed by atoms with Gasteiger partial charge in [0.2, 0.25) is 5.76 Å². The summed E-state index contributed by atoms with van der Waals surface area (Å²) in [7, 11) is 4.15. The maximum Gasteiger partial charge on any atom is 0.371 e. The number of benzene rings is 3. The van der Waals surface area contributed by atoms with Crippen LogP contribution in [-0.4, -0.2) is 59.7 Å². The molecule has 0 aromatic heterocycles. The zero-order chi connectivity index (χ0) is 31.0. The molecule has 0 saturated heterocycles. The van der Waals surface area contributed by atoms with E-state index < -0.39 is 23.7 Å². The van der Waals surface area contributed by atoms with Crippen molar-refractivity contribution in [1.29, 1.82) is 0 Å². The van der Waals surface area contributed by atoms with Crippen molar-refractivity contribution in [2.75, 3.05) is 21.3 Å². The Labute approximate surface area is 240 Å². The van der Waals surface area contributed by atoms with E-state index in [9.17, 15) is 24.6 Å². The minimum Gasteiger partial charge on any atom is -0.504 e. The van der Waals surface area contributed by atoms with Crippen molar-refractivity contribution in [3.05, 3.63) is 82.6 Å². The number of carbonyl (C=O) groups is 3. The van der Waals surface area contributed by atoms with Gasteiger partial charge in [0.05, 0.1) is 21.3 Å². The van der Waals surface area contributed by atoms with Crippen LogP contribution in [0.4, 0.5) is 0 Å². The zero-order valence-corrected chi connectivity index (χ0v) is 23.1.